The normalized spacial score (nSPS) is 13.2. The molecule has 0 fully saturated rings. The van der Waals surface area contributed by atoms with Gasteiger partial charge >= 0.3 is 0 Å². The van der Waals surface area contributed by atoms with Crippen LogP contribution in [0.1, 0.15) is 5.69 Å². The highest BCUT2D eigenvalue weighted by molar-refractivity contribution is 8.00. The highest BCUT2D eigenvalue weighted by Crippen LogP contribution is 2.29. The molecule has 1 aliphatic heterocycles. The molecule has 6 nitrogen and oxygen atoms in total. The number of amides is 1. The van der Waals surface area contributed by atoms with Crippen LogP contribution in [-0.4, -0.2) is 31.9 Å². The summed E-state index contributed by atoms with van der Waals surface area (Å²) in [5, 5.41) is 3.97. The van der Waals surface area contributed by atoms with E-state index in [1.54, 1.807) is 18.8 Å². The molecule has 0 saturated carbocycles. The summed E-state index contributed by atoms with van der Waals surface area (Å²) < 4.78 is 2.55. The Labute approximate surface area is 156 Å². The van der Waals surface area contributed by atoms with E-state index in [0.29, 0.717) is 10.3 Å². The van der Waals surface area contributed by atoms with Crippen molar-refractivity contribution in [3.8, 4) is 0 Å². The Kier molecular flexibility index (Phi) is 4.53. The largest absolute Gasteiger partial charge is 0.301 e. The Bertz CT molecular complexity index is 995. The maximum absolute atomic E-state index is 12.3. The Hall–Kier alpha value is -1.84. The quantitative estimate of drug-likeness (QED) is 0.545. The van der Waals surface area contributed by atoms with Crippen molar-refractivity contribution in [2.24, 2.45) is 7.05 Å². The SMILES string of the molecule is Cn1c(SCC(=O)Nc2nc3ccccc3s2)nc2c(c1=O)SCC2. The summed E-state index contributed by atoms with van der Waals surface area (Å²) in [6.45, 7) is 0. The minimum absolute atomic E-state index is 0.0263. The van der Waals surface area contributed by atoms with E-state index in [9.17, 15) is 9.59 Å². The molecule has 25 heavy (non-hydrogen) atoms. The molecular formula is C16H14N4O2S3. The third-order valence-corrected chi connectivity index (χ3v) is 6.83. The molecule has 0 spiro atoms. The second kappa shape index (κ2) is 6.81. The van der Waals surface area contributed by atoms with Gasteiger partial charge in [-0.2, -0.15) is 0 Å². The summed E-state index contributed by atoms with van der Waals surface area (Å²) in [7, 11) is 1.70. The first-order valence-electron chi connectivity index (χ1n) is 7.63. The van der Waals surface area contributed by atoms with E-state index in [1.165, 1.54) is 27.7 Å². The van der Waals surface area contributed by atoms with Crippen LogP contribution in [-0.2, 0) is 18.3 Å². The molecule has 0 saturated heterocycles. The lowest BCUT2D eigenvalue weighted by atomic mass is 10.3. The molecule has 3 aromatic rings. The zero-order chi connectivity index (χ0) is 17.4. The van der Waals surface area contributed by atoms with Crippen LogP contribution in [0.2, 0.25) is 0 Å². The third kappa shape index (κ3) is 3.31. The average molecular weight is 391 g/mol. The van der Waals surface area contributed by atoms with E-state index in [1.807, 2.05) is 24.3 Å². The maximum Gasteiger partial charge on any atom is 0.267 e. The van der Waals surface area contributed by atoms with Gasteiger partial charge in [0, 0.05) is 19.2 Å². The number of carbonyl (C=O) groups excluding carboxylic acids is 1. The molecule has 128 valence electrons. The van der Waals surface area contributed by atoms with Crippen molar-refractivity contribution in [3.63, 3.8) is 0 Å². The zero-order valence-electron chi connectivity index (χ0n) is 13.3. The molecule has 4 rings (SSSR count). The van der Waals surface area contributed by atoms with Crippen LogP contribution in [0, 0.1) is 0 Å². The number of hydrogen-bond donors (Lipinski definition) is 1. The number of benzene rings is 1. The molecule has 0 atom stereocenters. The smallest absolute Gasteiger partial charge is 0.267 e. The van der Waals surface area contributed by atoms with Crippen LogP contribution in [0.15, 0.2) is 39.1 Å². The molecule has 0 aliphatic carbocycles. The van der Waals surface area contributed by atoms with E-state index < -0.39 is 0 Å². The third-order valence-electron chi connectivity index (χ3n) is 3.74. The summed E-state index contributed by atoms with van der Waals surface area (Å²) in [5.74, 6) is 0.916. The molecule has 0 unspecified atom stereocenters. The minimum atomic E-state index is -0.159. The van der Waals surface area contributed by atoms with Crippen molar-refractivity contribution >= 4 is 56.1 Å². The Morgan fingerprint density at radius 2 is 2.20 bits per heavy atom. The van der Waals surface area contributed by atoms with Gasteiger partial charge in [0.05, 0.1) is 26.6 Å². The van der Waals surface area contributed by atoms with Gasteiger partial charge < -0.3 is 5.32 Å². The van der Waals surface area contributed by atoms with Crippen LogP contribution in [0.25, 0.3) is 10.2 Å². The fraction of sp³-hybridized carbons (Fsp3) is 0.250. The lowest BCUT2D eigenvalue weighted by Crippen LogP contribution is -2.23. The number of nitrogens with one attached hydrogen (secondary N) is 1. The number of rotatable bonds is 4. The number of aryl methyl sites for hydroxylation is 1. The number of para-hydroxylation sites is 1. The van der Waals surface area contributed by atoms with Crippen molar-refractivity contribution in [3.05, 3.63) is 40.3 Å². The van der Waals surface area contributed by atoms with Gasteiger partial charge in [0.2, 0.25) is 5.91 Å². The molecule has 2 aromatic heterocycles. The summed E-state index contributed by atoms with van der Waals surface area (Å²) in [5.41, 5.74) is 1.69. The van der Waals surface area contributed by atoms with Gasteiger partial charge in [0.15, 0.2) is 10.3 Å². The number of thiazole rings is 1. The van der Waals surface area contributed by atoms with Gasteiger partial charge in [0.1, 0.15) is 0 Å². The van der Waals surface area contributed by atoms with E-state index in [-0.39, 0.29) is 17.2 Å². The van der Waals surface area contributed by atoms with E-state index in [4.69, 9.17) is 0 Å². The second-order valence-electron chi connectivity index (χ2n) is 5.46. The fourth-order valence-electron chi connectivity index (χ4n) is 2.51. The monoisotopic (exact) mass is 390 g/mol. The molecule has 9 heteroatoms. The highest BCUT2D eigenvalue weighted by Gasteiger charge is 2.20. The molecular weight excluding hydrogens is 376 g/mol. The zero-order valence-corrected chi connectivity index (χ0v) is 15.8. The Morgan fingerprint density at radius 1 is 1.36 bits per heavy atom. The van der Waals surface area contributed by atoms with Gasteiger partial charge in [-0.1, -0.05) is 35.2 Å². The van der Waals surface area contributed by atoms with Crippen LogP contribution in [0.5, 0.6) is 0 Å². The van der Waals surface area contributed by atoms with Crippen LogP contribution in [0.4, 0.5) is 5.13 Å². The van der Waals surface area contributed by atoms with Crippen LogP contribution >= 0.6 is 34.9 Å². The Balaban J connectivity index is 1.45. The van der Waals surface area contributed by atoms with Crippen molar-refractivity contribution in [1.29, 1.82) is 0 Å². The van der Waals surface area contributed by atoms with Gasteiger partial charge in [-0.15, -0.1) is 11.8 Å². The number of carbonyl (C=O) groups is 1. The number of hydrogen-bond acceptors (Lipinski definition) is 7. The predicted octanol–water partition coefficient (Wildman–Crippen LogP) is 2.77. The predicted molar refractivity (Wildman–Crippen MR) is 103 cm³/mol. The van der Waals surface area contributed by atoms with Crippen molar-refractivity contribution in [1.82, 2.24) is 14.5 Å². The van der Waals surface area contributed by atoms with Crippen molar-refractivity contribution in [2.75, 3.05) is 16.8 Å². The molecule has 1 N–H and O–H groups in total. The number of anilines is 1. The van der Waals surface area contributed by atoms with Crippen molar-refractivity contribution in [2.45, 2.75) is 16.5 Å². The first-order chi connectivity index (χ1) is 12.1. The number of aromatic nitrogens is 3. The molecule has 0 bridgehead atoms. The summed E-state index contributed by atoms with van der Waals surface area (Å²) in [4.78, 5) is 34.2. The molecule has 1 aromatic carbocycles. The minimum Gasteiger partial charge on any atom is -0.301 e. The van der Waals surface area contributed by atoms with Crippen LogP contribution in [0.3, 0.4) is 0 Å². The topological polar surface area (TPSA) is 76.9 Å². The molecule has 3 heterocycles. The fourth-order valence-corrected chi connectivity index (χ4v) is 5.25. The molecule has 0 radical (unpaired) electrons. The van der Waals surface area contributed by atoms with Crippen LogP contribution < -0.4 is 10.9 Å². The van der Waals surface area contributed by atoms with Gasteiger partial charge in [0.25, 0.3) is 5.56 Å². The first-order valence-corrected chi connectivity index (χ1v) is 10.4. The summed E-state index contributed by atoms with van der Waals surface area (Å²) >= 11 is 4.27. The summed E-state index contributed by atoms with van der Waals surface area (Å²) in [6.07, 6.45) is 0.807. The van der Waals surface area contributed by atoms with Gasteiger partial charge in [-0.05, 0) is 12.1 Å². The first kappa shape index (κ1) is 16.6. The van der Waals surface area contributed by atoms with E-state index in [2.05, 4.69) is 15.3 Å². The van der Waals surface area contributed by atoms with E-state index >= 15 is 0 Å². The van der Waals surface area contributed by atoms with Gasteiger partial charge in [-0.25, -0.2) is 9.97 Å². The molecule has 1 aliphatic rings. The summed E-state index contributed by atoms with van der Waals surface area (Å²) in [6, 6.07) is 7.75. The lowest BCUT2D eigenvalue weighted by Gasteiger charge is -2.08. The lowest BCUT2D eigenvalue weighted by molar-refractivity contribution is -0.113. The van der Waals surface area contributed by atoms with E-state index in [0.717, 1.165) is 33.0 Å². The average Bonchev–Trinajstić information content (AvgIpc) is 3.22. The number of nitrogens with zero attached hydrogens (tertiary/aromatic N) is 3. The Morgan fingerprint density at radius 3 is 3.04 bits per heavy atom. The number of thioether (sulfide) groups is 2. The highest BCUT2D eigenvalue weighted by atomic mass is 32.2. The standard InChI is InChI=1S/C16H14N4O2S3/c1-20-14(22)13-10(6-7-23-13)18-16(20)24-8-12(21)19-15-17-9-4-2-3-5-11(9)25-15/h2-5H,6-8H2,1H3,(H,17,19,21). The van der Waals surface area contributed by atoms with Gasteiger partial charge in [-0.3, -0.25) is 14.2 Å². The second-order valence-corrected chi connectivity index (χ2v) is 8.53. The maximum atomic E-state index is 12.3. The van der Waals surface area contributed by atoms with Crippen molar-refractivity contribution < 1.29 is 4.79 Å². The number of fused-ring (bicyclic) bond motifs is 2. The molecule has 1 amide bonds.